The summed E-state index contributed by atoms with van der Waals surface area (Å²) in [6, 6.07) is 29.9. The van der Waals surface area contributed by atoms with Gasteiger partial charge in [-0.15, -0.1) is 0 Å². The van der Waals surface area contributed by atoms with Gasteiger partial charge in [-0.25, -0.2) is 4.98 Å². The lowest BCUT2D eigenvalue weighted by Crippen LogP contribution is -2.30. The van der Waals surface area contributed by atoms with E-state index in [-0.39, 0.29) is 11.8 Å². The van der Waals surface area contributed by atoms with Crippen molar-refractivity contribution in [2.45, 2.75) is 18.9 Å². The second-order valence-corrected chi connectivity index (χ2v) is 10.4. The van der Waals surface area contributed by atoms with Gasteiger partial charge in [0.2, 0.25) is 0 Å². The van der Waals surface area contributed by atoms with E-state index in [0.717, 1.165) is 40.6 Å². The topological polar surface area (TPSA) is 63.1 Å². The van der Waals surface area contributed by atoms with E-state index in [0.29, 0.717) is 18.7 Å². The summed E-state index contributed by atoms with van der Waals surface area (Å²) in [5.41, 5.74) is 5.09. The lowest BCUT2D eigenvalue weighted by Gasteiger charge is -2.24. The van der Waals surface area contributed by atoms with Crippen LogP contribution in [0.2, 0.25) is 0 Å². The first-order valence-corrected chi connectivity index (χ1v) is 14.0. The first-order valence-electron chi connectivity index (χ1n) is 14.0. The van der Waals surface area contributed by atoms with Crippen molar-refractivity contribution in [3.63, 3.8) is 0 Å². The summed E-state index contributed by atoms with van der Waals surface area (Å²) in [6.45, 7) is 1.77. The molecule has 4 aromatic carbocycles. The summed E-state index contributed by atoms with van der Waals surface area (Å²) < 4.78 is 7.47. The smallest absolute Gasteiger partial charge is 0.255 e. The van der Waals surface area contributed by atoms with Gasteiger partial charge >= 0.3 is 0 Å². The van der Waals surface area contributed by atoms with Crippen molar-refractivity contribution in [1.82, 2.24) is 19.4 Å². The predicted molar refractivity (Wildman–Crippen MR) is 164 cm³/mol. The molecule has 0 bridgehead atoms. The van der Waals surface area contributed by atoms with Crippen molar-refractivity contribution in [3.05, 3.63) is 138 Å². The average molecular weight is 543 g/mol. The molecule has 1 unspecified atom stereocenters. The second kappa shape index (κ2) is 11.8. The summed E-state index contributed by atoms with van der Waals surface area (Å²) in [5, 5.41) is 4.85. The summed E-state index contributed by atoms with van der Waals surface area (Å²) in [5.74, 6) is -0.234. The first kappa shape index (κ1) is 26.5. The summed E-state index contributed by atoms with van der Waals surface area (Å²) >= 11 is 0. The van der Waals surface area contributed by atoms with E-state index in [4.69, 9.17) is 4.74 Å². The van der Waals surface area contributed by atoms with Crippen LogP contribution >= 0.6 is 0 Å². The molecule has 1 N–H and O–H groups in total. The molecule has 0 aliphatic carbocycles. The van der Waals surface area contributed by atoms with E-state index in [9.17, 15) is 4.79 Å². The third kappa shape index (κ3) is 5.26. The maximum absolute atomic E-state index is 13.6. The molecule has 1 amide bonds. The summed E-state index contributed by atoms with van der Waals surface area (Å²) in [6.07, 6.45) is 8.51. The molecular weight excluding hydrogens is 508 g/mol. The van der Waals surface area contributed by atoms with Crippen LogP contribution in [0.5, 0.6) is 0 Å². The molecule has 0 saturated carbocycles. The molecule has 6 heteroatoms. The van der Waals surface area contributed by atoms with Gasteiger partial charge in [0, 0.05) is 51.5 Å². The number of fused-ring (bicyclic) bond motifs is 2. The Balaban J connectivity index is 1.43. The summed E-state index contributed by atoms with van der Waals surface area (Å²) in [7, 11) is 3.47. The van der Waals surface area contributed by atoms with Gasteiger partial charge in [0.05, 0.1) is 24.4 Å². The maximum Gasteiger partial charge on any atom is 0.255 e. The Bertz CT molecular complexity index is 1790. The minimum Gasteiger partial charge on any atom is -0.383 e. The minimum absolute atomic E-state index is 0.0367. The molecule has 2 aromatic heterocycles. The fourth-order valence-electron chi connectivity index (χ4n) is 5.83. The number of hydrogen-bond acceptors (Lipinski definition) is 3. The Hall–Kier alpha value is -4.68. The van der Waals surface area contributed by atoms with Gasteiger partial charge in [0.15, 0.2) is 0 Å². The highest BCUT2D eigenvalue weighted by Gasteiger charge is 2.28. The normalized spacial score (nSPS) is 12.1. The van der Waals surface area contributed by atoms with Gasteiger partial charge in [0.1, 0.15) is 0 Å². The van der Waals surface area contributed by atoms with Crippen LogP contribution in [-0.2, 0) is 17.7 Å². The number of imidazole rings is 1. The van der Waals surface area contributed by atoms with E-state index in [2.05, 4.69) is 99.5 Å². The third-order valence-corrected chi connectivity index (χ3v) is 7.97. The molecule has 6 aromatic rings. The van der Waals surface area contributed by atoms with E-state index in [1.165, 1.54) is 16.3 Å². The van der Waals surface area contributed by atoms with Gasteiger partial charge in [-0.05, 0) is 44.7 Å². The number of nitrogens with zero attached hydrogens (tertiary/aromatic N) is 3. The molecule has 0 spiro atoms. The lowest BCUT2D eigenvalue weighted by molar-refractivity contribution is 0.0743. The van der Waals surface area contributed by atoms with Crippen LogP contribution in [0.1, 0.15) is 38.7 Å². The van der Waals surface area contributed by atoms with Crippen molar-refractivity contribution >= 4 is 27.5 Å². The van der Waals surface area contributed by atoms with Crippen LogP contribution in [0.3, 0.4) is 0 Å². The second-order valence-electron chi connectivity index (χ2n) is 10.4. The van der Waals surface area contributed by atoms with E-state index >= 15 is 0 Å². The van der Waals surface area contributed by atoms with Crippen molar-refractivity contribution in [2.75, 3.05) is 27.3 Å². The first-order chi connectivity index (χ1) is 20.2. The molecule has 6 nitrogen and oxygen atoms in total. The number of H-pyrrole nitrogens is 1. The van der Waals surface area contributed by atoms with Crippen molar-refractivity contribution in [1.29, 1.82) is 0 Å². The van der Waals surface area contributed by atoms with Gasteiger partial charge < -0.3 is 19.2 Å². The molecular formula is C35H34N4O2. The molecule has 206 valence electrons. The average Bonchev–Trinajstić information content (AvgIpc) is 3.69. The van der Waals surface area contributed by atoms with Crippen LogP contribution in [0.15, 0.2) is 110 Å². The molecule has 0 fully saturated rings. The Morgan fingerprint density at radius 3 is 2.41 bits per heavy atom. The molecule has 1 atom stereocenters. The number of aryl methyl sites for hydroxylation is 2. The highest BCUT2D eigenvalue weighted by atomic mass is 16.5. The number of rotatable bonds is 10. The van der Waals surface area contributed by atoms with Crippen molar-refractivity contribution < 1.29 is 9.53 Å². The van der Waals surface area contributed by atoms with Crippen LogP contribution in [-0.4, -0.2) is 52.7 Å². The molecule has 0 radical (unpaired) electrons. The predicted octanol–water partition coefficient (Wildman–Crippen LogP) is 6.66. The summed E-state index contributed by atoms with van der Waals surface area (Å²) in [4.78, 5) is 23.2. The zero-order chi connectivity index (χ0) is 28.2. The Labute approximate surface area is 240 Å². The number of amides is 1. The fraction of sp³-hybridized carbons (Fsp3) is 0.200. The van der Waals surface area contributed by atoms with Gasteiger partial charge in [-0.2, -0.15) is 0 Å². The number of hydrogen-bond donors (Lipinski definition) is 1. The third-order valence-electron chi connectivity index (χ3n) is 7.97. The quantitative estimate of drug-likeness (QED) is 0.211. The van der Waals surface area contributed by atoms with E-state index in [1.54, 1.807) is 12.0 Å². The molecule has 0 aliphatic heterocycles. The van der Waals surface area contributed by atoms with Gasteiger partial charge in [-0.1, -0.05) is 84.9 Å². The number of nitrogens with one attached hydrogen (secondary N) is 1. The standard InChI is InChI=1S/C35H34N4O2/c1-38(19-20-41-2)35(40)32-22-36-21-31(32)34(30-16-8-13-26-10-4-6-15-29(26)30)33-23-37-24-39(33)18-17-27-12-7-11-25-9-3-5-14-28(25)27/h3-16,21-24,34,36H,17-20H2,1-2H3. The number of methoxy groups -OCH3 is 1. The van der Waals surface area contributed by atoms with Crippen LogP contribution in [0, 0.1) is 0 Å². The largest absolute Gasteiger partial charge is 0.383 e. The fourth-order valence-corrected chi connectivity index (χ4v) is 5.83. The monoisotopic (exact) mass is 542 g/mol. The van der Waals surface area contributed by atoms with E-state index < -0.39 is 0 Å². The highest BCUT2D eigenvalue weighted by molar-refractivity contribution is 5.96. The molecule has 6 rings (SSSR count). The molecule has 2 heterocycles. The lowest BCUT2D eigenvalue weighted by atomic mass is 9.85. The zero-order valence-electron chi connectivity index (χ0n) is 23.5. The van der Waals surface area contributed by atoms with Crippen molar-refractivity contribution in [2.24, 2.45) is 0 Å². The molecule has 41 heavy (non-hydrogen) atoms. The molecule has 0 saturated heterocycles. The van der Waals surface area contributed by atoms with Crippen molar-refractivity contribution in [3.8, 4) is 0 Å². The van der Waals surface area contributed by atoms with Crippen LogP contribution < -0.4 is 0 Å². The molecule has 0 aliphatic rings. The van der Waals surface area contributed by atoms with Crippen LogP contribution in [0.25, 0.3) is 21.5 Å². The zero-order valence-corrected chi connectivity index (χ0v) is 23.5. The van der Waals surface area contributed by atoms with Gasteiger partial charge in [-0.3, -0.25) is 4.79 Å². The number of carbonyl (C=O) groups excluding carboxylic acids is 1. The number of likely N-dealkylation sites (N-methyl/N-ethyl adjacent to an activating group) is 1. The number of aromatic nitrogens is 3. The number of carbonyl (C=O) groups is 1. The number of aromatic amines is 1. The Morgan fingerprint density at radius 2 is 1.61 bits per heavy atom. The minimum atomic E-state index is -0.197. The Kier molecular flexibility index (Phi) is 7.65. The SMILES string of the molecule is COCCN(C)C(=O)c1c[nH]cc1C(c1cccc2ccccc12)c1cncn1CCc1cccc2ccccc12. The maximum atomic E-state index is 13.6. The van der Waals surface area contributed by atoms with E-state index in [1.807, 2.05) is 32.0 Å². The van der Waals surface area contributed by atoms with Gasteiger partial charge in [0.25, 0.3) is 5.91 Å². The van der Waals surface area contributed by atoms with Crippen LogP contribution in [0.4, 0.5) is 0 Å². The Morgan fingerprint density at radius 1 is 0.902 bits per heavy atom. The number of benzene rings is 4. The number of ether oxygens (including phenoxy) is 1. The highest BCUT2D eigenvalue weighted by Crippen LogP contribution is 2.38.